The molecule has 0 radical (unpaired) electrons. The number of likely N-dealkylation sites (N-methyl/N-ethyl adjacent to an activating group) is 1. The molecule has 5 rings (SSSR count). The van der Waals surface area contributed by atoms with Gasteiger partial charge in [0.05, 0.1) is 12.3 Å². The zero-order chi connectivity index (χ0) is 38.2. The summed E-state index contributed by atoms with van der Waals surface area (Å²) in [6.45, 7) is 12.0. The molecule has 5 aliphatic rings. The van der Waals surface area contributed by atoms with Crippen LogP contribution in [-0.4, -0.2) is 91.4 Å². The molecule has 2 N–H and O–H groups in total. The van der Waals surface area contributed by atoms with Gasteiger partial charge >= 0.3 is 6.03 Å². The van der Waals surface area contributed by atoms with Crippen molar-refractivity contribution in [3.05, 3.63) is 12.7 Å². The molecule has 292 valence electrons. The Morgan fingerprint density at radius 3 is 2.19 bits per heavy atom. The van der Waals surface area contributed by atoms with Gasteiger partial charge in [-0.25, -0.2) is 17.5 Å². The lowest BCUT2D eigenvalue weighted by atomic mass is 9.70. The molecule has 12 heteroatoms. The van der Waals surface area contributed by atoms with Crippen molar-refractivity contribution in [1.29, 1.82) is 0 Å². The molecule has 1 unspecified atom stereocenters. The third-order valence-corrected chi connectivity index (χ3v) is 14.8. The molecule has 5 fully saturated rings. The van der Waals surface area contributed by atoms with Crippen LogP contribution in [0.5, 0.6) is 0 Å². The van der Waals surface area contributed by atoms with Gasteiger partial charge in [0.1, 0.15) is 6.04 Å². The maximum absolute atomic E-state index is 15.1. The average molecular weight is 745 g/mol. The molecule has 0 aromatic carbocycles. The Labute approximate surface area is 311 Å². The molecule has 1 saturated heterocycles. The molecular weight excluding hydrogens is 681 g/mol. The van der Waals surface area contributed by atoms with Gasteiger partial charge in [-0.1, -0.05) is 65.9 Å². The average Bonchev–Trinajstić information content (AvgIpc) is 3.98. The van der Waals surface area contributed by atoms with E-state index in [9.17, 15) is 27.6 Å². The fourth-order valence-corrected chi connectivity index (χ4v) is 9.99. The lowest BCUT2D eigenvalue weighted by Crippen LogP contribution is -2.62. The number of amides is 3. The van der Waals surface area contributed by atoms with Crippen molar-refractivity contribution >= 4 is 39.3 Å². The molecule has 1 aliphatic heterocycles. The summed E-state index contributed by atoms with van der Waals surface area (Å²) >= 11 is 0. The molecule has 1 spiro atoms. The van der Waals surface area contributed by atoms with Gasteiger partial charge < -0.3 is 15.5 Å². The third-order valence-electron chi connectivity index (χ3n) is 13.5. The Morgan fingerprint density at radius 1 is 0.981 bits per heavy atom. The van der Waals surface area contributed by atoms with E-state index in [0.717, 1.165) is 76.9 Å². The lowest BCUT2D eigenvalue weighted by molar-refractivity contribution is -0.144. The Morgan fingerprint density at radius 2 is 1.63 bits per heavy atom. The first-order valence-electron chi connectivity index (χ1n) is 19.8. The molecule has 4 saturated carbocycles. The number of carbonyl (C=O) groups excluding carboxylic acids is 5. The zero-order valence-electron chi connectivity index (χ0n) is 32.5. The zero-order valence-corrected chi connectivity index (χ0v) is 33.3. The van der Waals surface area contributed by atoms with Gasteiger partial charge in [0.25, 0.3) is 0 Å². The summed E-state index contributed by atoms with van der Waals surface area (Å²) in [5.74, 6) is -1.46. The summed E-state index contributed by atoms with van der Waals surface area (Å²) in [6.07, 6.45) is 14.2. The molecule has 3 amide bonds. The molecule has 0 aromatic rings. The van der Waals surface area contributed by atoms with Crippen LogP contribution in [0.3, 0.4) is 0 Å². The van der Waals surface area contributed by atoms with Crippen LogP contribution in [0, 0.1) is 39.9 Å². The maximum Gasteiger partial charge on any atom is 0.315 e. The minimum Gasteiger partial charge on any atom is -0.334 e. The van der Waals surface area contributed by atoms with E-state index < -0.39 is 62.5 Å². The van der Waals surface area contributed by atoms with Crippen LogP contribution < -0.4 is 10.6 Å². The standard InChI is InChI=1S/C40H64N4O7S/c1-8-9-13-30(45)34(47)27(22-26-14-15-26)23-31(46)33-28-16-19-40(20-21-40)29(28)24-44(33)36(48)35(39(5)17-11-10-12-18-39)42-37(49)41-32(38(2,3)4)25-43(6)52(7,50)51/h8,26-29,32-33,35H,1,9-25H2,2-7H3,(H2,41,42,49)/t27?,28-,29-,32+,33-,35+/m0/s1. The highest BCUT2D eigenvalue weighted by Crippen LogP contribution is 2.66. The van der Waals surface area contributed by atoms with Gasteiger partial charge in [0, 0.05) is 44.9 Å². The van der Waals surface area contributed by atoms with E-state index >= 15 is 4.79 Å². The van der Waals surface area contributed by atoms with Crippen molar-refractivity contribution in [3.63, 3.8) is 0 Å². The first-order chi connectivity index (χ1) is 24.3. The second-order valence-electron chi connectivity index (χ2n) is 18.5. The predicted molar refractivity (Wildman–Crippen MR) is 201 cm³/mol. The fraction of sp³-hybridized carbons (Fsp3) is 0.825. The van der Waals surface area contributed by atoms with E-state index in [1.165, 1.54) is 11.4 Å². The molecule has 4 aliphatic carbocycles. The summed E-state index contributed by atoms with van der Waals surface area (Å²) in [4.78, 5) is 71.8. The largest absolute Gasteiger partial charge is 0.334 e. The number of sulfonamides is 1. The first kappa shape index (κ1) is 40.6. The minimum absolute atomic E-state index is 0.00228. The van der Waals surface area contributed by atoms with Gasteiger partial charge in [0.2, 0.25) is 21.7 Å². The smallest absolute Gasteiger partial charge is 0.315 e. The number of likely N-dealkylation sites (tertiary alicyclic amines) is 1. The normalized spacial score (nSPS) is 26.7. The molecule has 1 heterocycles. The van der Waals surface area contributed by atoms with Crippen LogP contribution in [0.25, 0.3) is 0 Å². The van der Waals surface area contributed by atoms with Crippen molar-refractivity contribution in [1.82, 2.24) is 19.8 Å². The summed E-state index contributed by atoms with van der Waals surface area (Å²) < 4.78 is 25.8. The van der Waals surface area contributed by atoms with E-state index in [-0.39, 0.29) is 48.3 Å². The topological polar surface area (TPSA) is 150 Å². The summed E-state index contributed by atoms with van der Waals surface area (Å²) in [6, 6.07) is -2.68. The highest BCUT2D eigenvalue weighted by molar-refractivity contribution is 7.88. The number of urea groups is 1. The number of ketones is 3. The van der Waals surface area contributed by atoms with Gasteiger partial charge in [0.15, 0.2) is 11.6 Å². The van der Waals surface area contributed by atoms with Crippen LogP contribution in [0.2, 0.25) is 0 Å². The van der Waals surface area contributed by atoms with Crippen LogP contribution >= 0.6 is 0 Å². The maximum atomic E-state index is 15.1. The predicted octanol–water partition coefficient (Wildman–Crippen LogP) is 5.43. The van der Waals surface area contributed by atoms with E-state index in [1.54, 1.807) is 11.0 Å². The number of fused-ring (bicyclic) bond motifs is 2. The van der Waals surface area contributed by atoms with Crippen molar-refractivity contribution in [2.24, 2.45) is 39.9 Å². The van der Waals surface area contributed by atoms with Crippen LogP contribution in [0.1, 0.15) is 124 Å². The number of hydrogen-bond donors (Lipinski definition) is 2. The van der Waals surface area contributed by atoms with Gasteiger partial charge in [-0.2, -0.15) is 0 Å². The number of rotatable bonds is 17. The van der Waals surface area contributed by atoms with E-state index in [1.807, 2.05) is 20.8 Å². The Balaban J connectivity index is 1.42. The Kier molecular flexibility index (Phi) is 12.2. The number of nitrogens with one attached hydrogen (secondary N) is 2. The first-order valence-corrected chi connectivity index (χ1v) is 21.6. The monoisotopic (exact) mass is 744 g/mol. The molecule has 0 aromatic heterocycles. The van der Waals surface area contributed by atoms with Crippen molar-refractivity contribution in [3.8, 4) is 0 Å². The number of hydrogen-bond acceptors (Lipinski definition) is 7. The van der Waals surface area contributed by atoms with Gasteiger partial charge in [-0.15, -0.1) is 6.58 Å². The molecule has 6 atom stereocenters. The second kappa shape index (κ2) is 15.6. The van der Waals surface area contributed by atoms with E-state index in [0.29, 0.717) is 25.3 Å². The Hall–Kier alpha value is -2.60. The molecule has 11 nitrogen and oxygen atoms in total. The van der Waals surface area contributed by atoms with Crippen LogP contribution in [-0.2, 0) is 29.2 Å². The van der Waals surface area contributed by atoms with Gasteiger partial charge in [-0.05, 0) is 85.4 Å². The number of Topliss-reactive ketones (excluding diaryl/α,β-unsaturated/α-hetero) is 3. The van der Waals surface area contributed by atoms with Crippen molar-refractivity contribution in [2.75, 3.05) is 26.4 Å². The highest BCUT2D eigenvalue weighted by Gasteiger charge is 2.64. The van der Waals surface area contributed by atoms with E-state index in [2.05, 4.69) is 24.1 Å². The number of allylic oxidation sites excluding steroid dienone is 1. The van der Waals surface area contributed by atoms with Crippen molar-refractivity contribution in [2.45, 2.75) is 142 Å². The SMILES string of the molecule is C=CCCC(=O)C(=O)C(CC(=O)[C@@H]1[C@H]2CCC3(CC3)[C@H]2CN1C(=O)[C@@H](NC(=O)N[C@H](CN(C)S(C)(=O)=O)C(C)(C)C)C1(C)CCCCC1)CC1CC1. The third kappa shape index (κ3) is 9.19. The van der Waals surface area contributed by atoms with Crippen LogP contribution in [0.4, 0.5) is 4.79 Å². The fourth-order valence-electron chi connectivity index (χ4n) is 9.57. The summed E-state index contributed by atoms with van der Waals surface area (Å²) in [5.41, 5.74) is -0.880. The number of nitrogens with zero attached hydrogens (tertiary/aromatic N) is 2. The Bertz CT molecular complexity index is 1510. The summed E-state index contributed by atoms with van der Waals surface area (Å²) in [5, 5.41) is 6.09. The number of carbonyl (C=O) groups is 5. The van der Waals surface area contributed by atoms with Crippen LogP contribution in [0.15, 0.2) is 12.7 Å². The quantitative estimate of drug-likeness (QED) is 0.149. The lowest BCUT2D eigenvalue weighted by Gasteiger charge is -2.43. The highest BCUT2D eigenvalue weighted by atomic mass is 32.2. The summed E-state index contributed by atoms with van der Waals surface area (Å²) in [7, 11) is -2.01. The molecular formula is C40H64N4O7S. The van der Waals surface area contributed by atoms with E-state index in [4.69, 9.17) is 0 Å². The molecule has 0 bridgehead atoms. The van der Waals surface area contributed by atoms with Gasteiger partial charge in [-0.3, -0.25) is 19.2 Å². The minimum atomic E-state index is -3.50. The second-order valence-corrected chi connectivity index (χ2v) is 20.6. The van der Waals surface area contributed by atoms with Crippen molar-refractivity contribution < 1.29 is 32.4 Å². The molecule has 52 heavy (non-hydrogen) atoms.